The number of rotatable bonds is 4. The van der Waals surface area contributed by atoms with Gasteiger partial charge in [-0.25, -0.2) is 0 Å². The second kappa shape index (κ2) is 7.72. The number of piperazine rings is 1. The van der Waals surface area contributed by atoms with Crippen LogP contribution >= 0.6 is 15.9 Å². The maximum absolute atomic E-state index is 12.3. The highest BCUT2D eigenvalue weighted by Crippen LogP contribution is 2.21. The van der Waals surface area contributed by atoms with Gasteiger partial charge >= 0.3 is 0 Å². The van der Waals surface area contributed by atoms with Gasteiger partial charge in [-0.1, -0.05) is 19.1 Å². The largest absolute Gasteiger partial charge is 0.353 e. The molecule has 1 amide bonds. The Morgan fingerprint density at radius 3 is 2.50 bits per heavy atom. The predicted octanol–water partition coefficient (Wildman–Crippen LogP) is 2.63. The molecular formula is C17H20BrN5O. The molecule has 0 atom stereocenters. The molecule has 1 aromatic carbocycles. The number of halogens is 1. The summed E-state index contributed by atoms with van der Waals surface area (Å²) < 4.78 is 0.830. The van der Waals surface area contributed by atoms with Crippen molar-refractivity contribution in [2.24, 2.45) is 0 Å². The van der Waals surface area contributed by atoms with Crippen LogP contribution < -0.4 is 10.2 Å². The summed E-state index contributed by atoms with van der Waals surface area (Å²) >= 11 is 3.41. The van der Waals surface area contributed by atoms with E-state index in [2.05, 4.69) is 48.2 Å². The van der Waals surface area contributed by atoms with Crippen LogP contribution in [0.4, 0.5) is 11.5 Å². The van der Waals surface area contributed by atoms with E-state index in [0.29, 0.717) is 11.4 Å². The Kier molecular flexibility index (Phi) is 5.42. The van der Waals surface area contributed by atoms with E-state index in [1.54, 1.807) is 6.07 Å². The maximum atomic E-state index is 12.3. The Bertz CT molecular complexity index is 698. The molecule has 1 N–H and O–H groups in total. The van der Waals surface area contributed by atoms with Gasteiger partial charge in [0.1, 0.15) is 0 Å². The minimum Gasteiger partial charge on any atom is -0.353 e. The van der Waals surface area contributed by atoms with Gasteiger partial charge in [-0.2, -0.15) is 0 Å². The molecule has 1 fully saturated rings. The molecule has 126 valence electrons. The quantitative estimate of drug-likeness (QED) is 0.870. The topological polar surface area (TPSA) is 61.4 Å². The van der Waals surface area contributed by atoms with Gasteiger partial charge < -0.3 is 15.1 Å². The second-order valence-electron chi connectivity index (χ2n) is 5.63. The van der Waals surface area contributed by atoms with E-state index in [-0.39, 0.29) is 5.91 Å². The first-order valence-corrected chi connectivity index (χ1v) is 8.83. The Hall–Kier alpha value is -1.99. The molecule has 0 unspecified atom stereocenters. The highest BCUT2D eigenvalue weighted by molar-refractivity contribution is 9.10. The van der Waals surface area contributed by atoms with Gasteiger partial charge in [0.2, 0.25) is 0 Å². The first-order chi connectivity index (χ1) is 11.7. The van der Waals surface area contributed by atoms with Crippen LogP contribution in [0.25, 0.3) is 0 Å². The van der Waals surface area contributed by atoms with Crippen molar-refractivity contribution in [2.75, 3.05) is 42.9 Å². The Morgan fingerprint density at radius 2 is 1.88 bits per heavy atom. The molecule has 0 aliphatic carbocycles. The molecule has 7 heteroatoms. The summed E-state index contributed by atoms with van der Waals surface area (Å²) in [7, 11) is 0. The minimum atomic E-state index is -0.267. The first kappa shape index (κ1) is 16.9. The van der Waals surface area contributed by atoms with Crippen molar-refractivity contribution in [3.63, 3.8) is 0 Å². The summed E-state index contributed by atoms with van der Waals surface area (Å²) in [4.78, 5) is 16.9. The molecule has 0 radical (unpaired) electrons. The maximum Gasteiger partial charge on any atom is 0.276 e. The summed E-state index contributed by atoms with van der Waals surface area (Å²) in [5.41, 5.74) is 1.02. The van der Waals surface area contributed by atoms with Crippen molar-refractivity contribution in [3.05, 3.63) is 46.6 Å². The lowest BCUT2D eigenvalue weighted by Gasteiger charge is -2.34. The van der Waals surface area contributed by atoms with Crippen molar-refractivity contribution < 1.29 is 4.79 Å². The van der Waals surface area contributed by atoms with Crippen LogP contribution in [-0.2, 0) is 0 Å². The molecule has 6 nitrogen and oxygen atoms in total. The molecular weight excluding hydrogens is 370 g/mol. The van der Waals surface area contributed by atoms with Crippen molar-refractivity contribution in [1.82, 2.24) is 15.1 Å². The molecule has 24 heavy (non-hydrogen) atoms. The fourth-order valence-corrected chi connectivity index (χ4v) is 3.04. The fourth-order valence-electron chi connectivity index (χ4n) is 2.66. The van der Waals surface area contributed by atoms with E-state index in [0.717, 1.165) is 43.0 Å². The van der Waals surface area contributed by atoms with Crippen LogP contribution in [0.5, 0.6) is 0 Å². The van der Waals surface area contributed by atoms with Gasteiger partial charge in [0.25, 0.3) is 5.91 Å². The zero-order valence-electron chi connectivity index (χ0n) is 13.6. The Balaban J connectivity index is 1.64. The zero-order chi connectivity index (χ0) is 16.9. The van der Waals surface area contributed by atoms with E-state index >= 15 is 0 Å². The van der Waals surface area contributed by atoms with E-state index in [9.17, 15) is 4.79 Å². The first-order valence-electron chi connectivity index (χ1n) is 8.04. The number of carbonyl (C=O) groups is 1. The summed E-state index contributed by atoms with van der Waals surface area (Å²) in [6.07, 6.45) is 0. The van der Waals surface area contributed by atoms with Crippen LogP contribution in [-0.4, -0.2) is 53.7 Å². The summed E-state index contributed by atoms with van der Waals surface area (Å²) in [5.74, 6) is 0.556. The van der Waals surface area contributed by atoms with Crippen molar-refractivity contribution >= 4 is 33.3 Å². The van der Waals surface area contributed by atoms with Crippen LogP contribution in [0.1, 0.15) is 17.4 Å². The lowest BCUT2D eigenvalue weighted by atomic mass is 10.3. The number of amides is 1. The van der Waals surface area contributed by atoms with E-state index in [4.69, 9.17) is 0 Å². The van der Waals surface area contributed by atoms with Crippen molar-refractivity contribution in [1.29, 1.82) is 0 Å². The fraction of sp³-hybridized carbons (Fsp3) is 0.353. The lowest BCUT2D eigenvalue weighted by Crippen LogP contribution is -2.46. The van der Waals surface area contributed by atoms with Gasteiger partial charge in [0.15, 0.2) is 11.5 Å². The molecule has 1 aliphatic rings. The number of anilines is 2. The van der Waals surface area contributed by atoms with Gasteiger partial charge in [-0.15, -0.1) is 10.2 Å². The van der Waals surface area contributed by atoms with Crippen LogP contribution in [0, 0.1) is 0 Å². The number of hydrogen-bond donors (Lipinski definition) is 1. The summed E-state index contributed by atoms with van der Waals surface area (Å²) in [5, 5.41) is 11.1. The Morgan fingerprint density at radius 1 is 1.12 bits per heavy atom. The highest BCUT2D eigenvalue weighted by Gasteiger charge is 2.18. The second-order valence-corrected chi connectivity index (χ2v) is 6.49. The molecule has 2 heterocycles. The monoisotopic (exact) mass is 389 g/mol. The van der Waals surface area contributed by atoms with Gasteiger partial charge in [0.05, 0.1) is 5.69 Å². The predicted molar refractivity (Wildman–Crippen MR) is 98.5 cm³/mol. The number of likely N-dealkylation sites (N-methyl/N-ethyl adjacent to an activating group) is 1. The van der Waals surface area contributed by atoms with Crippen LogP contribution in [0.15, 0.2) is 40.9 Å². The lowest BCUT2D eigenvalue weighted by molar-refractivity contribution is 0.102. The van der Waals surface area contributed by atoms with Crippen molar-refractivity contribution in [3.8, 4) is 0 Å². The van der Waals surface area contributed by atoms with E-state index in [1.165, 1.54) is 0 Å². The molecule has 0 saturated carbocycles. The van der Waals surface area contributed by atoms with E-state index in [1.807, 2.05) is 30.3 Å². The Labute approximate surface area is 150 Å². The smallest absolute Gasteiger partial charge is 0.276 e. The third-order valence-corrected chi connectivity index (χ3v) is 4.84. The normalized spacial score (nSPS) is 15.3. The zero-order valence-corrected chi connectivity index (χ0v) is 15.2. The van der Waals surface area contributed by atoms with Gasteiger partial charge in [0, 0.05) is 30.7 Å². The summed E-state index contributed by atoms with van der Waals surface area (Å²) in [6.45, 7) is 7.18. The van der Waals surface area contributed by atoms with Gasteiger partial charge in [-0.3, -0.25) is 4.79 Å². The molecule has 1 saturated heterocycles. The van der Waals surface area contributed by atoms with Gasteiger partial charge in [-0.05, 0) is 46.7 Å². The van der Waals surface area contributed by atoms with Crippen LogP contribution in [0.2, 0.25) is 0 Å². The van der Waals surface area contributed by atoms with Crippen molar-refractivity contribution in [2.45, 2.75) is 6.92 Å². The average Bonchev–Trinajstić information content (AvgIpc) is 2.64. The molecule has 0 bridgehead atoms. The molecule has 3 rings (SSSR count). The number of carbonyl (C=O) groups excluding carboxylic acids is 1. The number of nitrogens with one attached hydrogen (secondary N) is 1. The van der Waals surface area contributed by atoms with Crippen LogP contribution in [0.3, 0.4) is 0 Å². The summed E-state index contributed by atoms with van der Waals surface area (Å²) in [6, 6.07) is 11.1. The minimum absolute atomic E-state index is 0.267. The molecule has 1 aliphatic heterocycles. The number of aromatic nitrogens is 2. The SMILES string of the molecule is CCN1CCN(c2ccc(C(=O)Nc3ccccc3Br)nn2)CC1. The molecule has 1 aromatic heterocycles. The number of hydrogen-bond acceptors (Lipinski definition) is 5. The standard InChI is InChI=1S/C17H20BrN5O/c1-2-22-9-11-23(12-10-22)16-8-7-15(20-21-16)17(24)19-14-6-4-3-5-13(14)18/h3-8H,2,9-12H2,1H3,(H,19,24). The third kappa shape index (κ3) is 3.91. The molecule has 2 aromatic rings. The number of benzene rings is 1. The number of para-hydroxylation sites is 1. The average molecular weight is 390 g/mol. The van der Waals surface area contributed by atoms with E-state index < -0.39 is 0 Å². The highest BCUT2D eigenvalue weighted by atomic mass is 79.9. The third-order valence-electron chi connectivity index (χ3n) is 4.15. The molecule has 0 spiro atoms. The number of nitrogens with zero attached hydrogens (tertiary/aromatic N) is 4.